The lowest BCUT2D eigenvalue weighted by molar-refractivity contribution is -0.121. The minimum atomic E-state index is -3.44. The number of ether oxygens (including phenoxy) is 1. The molecule has 1 amide bonds. The topological polar surface area (TPSA) is 75.7 Å². The summed E-state index contributed by atoms with van der Waals surface area (Å²) in [6, 6.07) is 6.85. The van der Waals surface area contributed by atoms with E-state index in [1.165, 1.54) is 0 Å². The first kappa shape index (κ1) is 19.9. The predicted octanol–water partition coefficient (Wildman–Crippen LogP) is 2.29. The van der Waals surface area contributed by atoms with Gasteiger partial charge in [-0.25, -0.2) is 8.42 Å². The summed E-state index contributed by atoms with van der Waals surface area (Å²) in [6.07, 6.45) is 5.00. The van der Waals surface area contributed by atoms with Gasteiger partial charge in [0.1, 0.15) is 0 Å². The molecule has 1 aliphatic rings. The minimum Gasteiger partial charge on any atom is -0.385 e. The Kier molecular flexibility index (Phi) is 7.87. The molecule has 0 spiro atoms. The number of sulfonamides is 1. The lowest BCUT2D eigenvalue weighted by atomic mass is 10.2. The highest BCUT2D eigenvalue weighted by molar-refractivity contribution is 7.89. The summed E-state index contributed by atoms with van der Waals surface area (Å²) in [5.74, 6) is -0.0274. The third kappa shape index (κ3) is 6.09. The van der Waals surface area contributed by atoms with Gasteiger partial charge in [0.2, 0.25) is 15.9 Å². The van der Waals surface area contributed by atoms with Crippen LogP contribution in [0.25, 0.3) is 0 Å². The van der Waals surface area contributed by atoms with Gasteiger partial charge in [0.25, 0.3) is 0 Å². The molecule has 7 heteroatoms. The first-order chi connectivity index (χ1) is 12.0. The van der Waals surface area contributed by atoms with E-state index >= 15 is 0 Å². The van der Waals surface area contributed by atoms with E-state index in [0.717, 1.165) is 37.7 Å². The first-order valence-corrected chi connectivity index (χ1v) is 10.3. The van der Waals surface area contributed by atoms with Crippen molar-refractivity contribution in [1.82, 2.24) is 9.62 Å². The summed E-state index contributed by atoms with van der Waals surface area (Å²) in [5.41, 5.74) is 0.795. The molecule has 140 valence electrons. The molecule has 0 unspecified atom stereocenters. The van der Waals surface area contributed by atoms with Gasteiger partial charge in [-0.3, -0.25) is 4.79 Å². The van der Waals surface area contributed by atoms with E-state index in [0.29, 0.717) is 37.6 Å². The Morgan fingerprint density at radius 1 is 1.20 bits per heavy atom. The van der Waals surface area contributed by atoms with Gasteiger partial charge in [0.05, 0.1) is 4.90 Å². The number of piperidine rings is 1. The van der Waals surface area contributed by atoms with Crippen molar-refractivity contribution in [2.24, 2.45) is 0 Å². The summed E-state index contributed by atoms with van der Waals surface area (Å²) >= 11 is 0. The molecule has 1 aromatic rings. The second kappa shape index (κ2) is 9.89. The fourth-order valence-corrected chi connectivity index (χ4v) is 4.48. The van der Waals surface area contributed by atoms with Gasteiger partial charge in [-0.15, -0.1) is 0 Å². The molecule has 6 nitrogen and oxygen atoms in total. The number of unbranched alkanes of at least 4 members (excludes halogenated alkanes) is 1. The van der Waals surface area contributed by atoms with Gasteiger partial charge in [0, 0.05) is 39.8 Å². The Hall–Kier alpha value is -1.44. The number of nitrogens with zero attached hydrogens (tertiary/aromatic N) is 1. The molecule has 0 saturated carbocycles. The number of benzene rings is 1. The van der Waals surface area contributed by atoms with Crippen LogP contribution in [-0.2, 0) is 26.1 Å². The van der Waals surface area contributed by atoms with E-state index in [-0.39, 0.29) is 5.91 Å². The highest BCUT2D eigenvalue weighted by atomic mass is 32.2. The normalized spacial score (nSPS) is 15.9. The third-order valence-corrected chi connectivity index (χ3v) is 6.24. The van der Waals surface area contributed by atoms with Gasteiger partial charge in [-0.2, -0.15) is 4.31 Å². The summed E-state index contributed by atoms with van der Waals surface area (Å²) in [4.78, 5) is 12.1. The summed E-state index contributed by atoms with van der Waals surface area (Å²) in [5, 5.41) is 2.85. The summed E-state index contributed by atoms with van der Waals surface area (Å²) in [7, 11) is -1.79. The van der Waals surface area contributed by atoms with Crippen molar-refractivity contribution in [3.05, 3.63) is 29.8 Å². The second-order valence-electron chi connectivity index (χ2n) is 6.34. The molecule has 0 aromatic heterocycles. The first-order valence-electron chi connectivity index (χ1n) is 8.89. The molecule has 1 aromatic carbocycles. The van der Waals surface area contributed by atoms with Crippen molar-refractivity contribution in [3.63, 3.8) is 0 Å². The zero-order valence-electron chi connectivity index (χ0n) is 14.9. The molecule has 1 aliphatic heterocycles. The Morgan fingerprint density at radius 3 is 2.68 bits per heavy atom. The monoisotopic (exact) mass is 368 g/mol. The molecule has 2 rings (SSSR count). The summed E-state index contributed by atoms with van der Waals surface area (Å²) < 4.78 is 31.9. The maximum Gasteiger partial charge on any atom is 0.243 e. The third-order valence-electron chi connectivity index (χ3n) is 4.34. The van der Waals surface area contributed by atoms with Crippen LogP contribution < -0.4 is 5.32 Å². The molecule has 0 atom stereocenters. The molecule has 0 aliphatic carbocycles. The second-order valence-corrected chi connectivity index (χ2v) is 8.28. The molecular formula is C18H28N2O4S. The molecule has 0 bridgehead atoms. The van der Waals surface area contributed by atoms with Gasteiger partial charge in [-0.05, 0) is 43.4 Å². The van der Waals surface area contributed by atoms with Crippen molar-refractivity contribution in [2.45, 2.75) is 50.0 Å². The molecular weight excluding hydrogens is 340 g/mol. The Balaban J connectivity index is 1.91. The van der Waals surface area contributed by atoms with Crippen molar-refractivity contribution in [3.8, 4) is 0 Å². The Morgan fingerprint density at radius 2 is 1.96 bits per heavy atom. The van der Waals surface area contributed by atoms with Crippen LogP contribution in [0.1, 0.15) is 44.1 Å². The molecule has 0 radical (unpaired) electrons. The lowest BCUT2D eigenvalue weighted by Gasteiger charge is -2.26. The minimum absolute atomic E-state index is 0.0274. The largest absolute Gasteiger partial charge is 0.385 e. The van der Waals surface area contributed by atoms with E-state index in [1.54, 1.807) is 29.6 Å². The maximum absolute atomic E-state index is 12.7. The average molecular weight is 368 g/mol. The number of carbonyl (C=O) groups excluding carboxylic acids is 1. The SMILES string of the molecule is COCCCCC(=O)NCc1cccc(S(=O)(=O)N2CCCCC2)c1. The lowest BCUT2D eigenvalue weighted by Crippen LogP contribution is -2.35. The maximum atomic E-state index is 12.7. The predicted molar refractivity (Wildman–Crippen MR) is 96.6 cm³/mol. The summed E-state index contributed by atoms with van der Waals surface area (Å²) in [6.45, 7) is 2.17. The van der Waals surface area contributed by atoms with E-state index < -0.39 is 10.0 Å². The number of carbonyl (C=O) groups is 1. The smallest absolute Gasteiger partial charge is 0.243 e. The number of hydrogen-bond donors (Lipinski definition) is 1. The van der Waals surface area contributed by atoms with Crippen LogP contribution in [0.5, 0.6) is 0 Å². The highest BCUT2D eigenvalue weighted by Crippen LogP contribution is 2.21. The quantitative estimate of drug-likeness (QED) is 0.679. The average Bonchev–Trinajstić information content (AvgIpc) is 2.64. The zero-order valence-corrected chi connectivity index (χ0v) is 15.7. The van der Waals surface area contributed by atoms with Crippen LogP contribution in [0.4, 0.5) is 0 Å². The Labute approximate surface area is 150 Å². The number of amides is 1. The van der Waals surface area contributed by atoms with E-state index in [2.05, 4.69) is 5.32 Å². The van der Waals surface area contributed by atoms with Gasteiger partial charge < -0.3 is 10.1 Å². The molecule has 1 N–H and O–H groups in total. The van der Waals surface area contributed by atoms with E-state index in [9.17, 15) is 13.2 Å². The van der Waals surface area contributed by atoms with Crippen LogP contribution in [-0.4, -0.2) is 45.4 Å². The molecule has 1 saturated heterocycles. The fraction of sp³-hybridized carbons (Fsp3) is 0.611. The van der Waals surface area contributed by atoms with Crippen LogP contribution in [0.2, 0.25) is 0 Å². The Bertz CT molecular complexity index is 655. The van der Waals surface area contributed by atoms with Crippen molar-refractivity contribution < 1.29 is 17.9 Å². The van der Waals surface area contributed by atoms with Crippen LogP contribution in [0.3, 0.4) is 0 Å². The van der Waals surface area contributed by atoms with Crippen molar-refractivity contribution in [2.75, 3.05) is 26.8 Å². The van der Waals surface area contributed by atoms with Crippen molar-refractivity contribution in [1.29, 1.82) is 0 Å². The van der Waals surface area contributed by atoms with Crippen molar-refractivity contribution >= 4 is 15.9 Å². The van der Waals surface area contributed by atoms with Gasteiger partial charge >= 0.3 is 0 Å². The molecule has 1 heterocycles. The number of nitrogens with one attached hydrogen (secondary N) is 1. The molecule has 25 heavy (non-hydrogen) atoms. The van der Waals surface area contributed by atoms with E-state index in [1.807, 2.05) is 6.07 Å². The fourth-order valence-electron chi connectivity index (χ4n) is 2.89. The number of rotatable bonds is 9. The van der Waals surface area contributed by atoms with Gasteiger partial charge in [0.15, 0.2) is 0 Å². The number of methoxy groups -OCH3 is 1. The van der Waals surface area contributed by atoms with E-state index in [4.69, 9.17) is 4.74 Å². The standard InChI is InChI=1S/C18H28N2O4S/c1-24-13-6-3-10-18(21)19-15-16-8-7-9-17(14-16)25(22,23)20-11-4-2-5-12-20/h7-9,14H,2-6,10-13,15H2,1H3,(H,19,21). The zero-order chi connectivity index (χ0) is 18.1. The highest BCUT2D eigenvalue weighted by Gasteiger charge is 2.25. The number of hydrogen-bond acceptors (Lipinski definition) is 4. The van der Waals surface area contributed by atoms with Crippen LogP contribution >= 0.6 is 0 Å². The van der Waals surface area contributed by atoms with Crippen LogP contribution in [0.15, 0.2) is 29.2 Å². The van der Waals surface area contributed by atoms with Gasteiger partial charge in [-0.1, -0.05) is 18.6 Å². The molecule has 1 fully saturated rings. The van der Waals surface area contributed by atoms with Crippen LogP contribution in [0, 0.1) is 0 Å².